The van der Waals surface area contributed by atoms with Crippen LogP contribution in [0.5, 0.6) is 0 Å². The SMILES string of the molecule is Nc1ccc(CN2CCS(=O)CC2)c2ncccc12. The molecule has 4 nitrogen and oxygen atoms in total. The molecule has 1 aliphatic heterocycles. The highest BCUT2D eigenvalue weighted by Gasteiger charge is 2.16. The molecule has 19 heavy (non-hydrogen) atoms. The number of anilines is 1. The van der Waals surface area contributed by atoms with Crippen LogP contribution >= 0.6 is 0 Å². The van der Waals surface area contributed by atoms with E-state index in [9.17, 15) is 4.21 Å². The van der Waals surface area contributed by atoms with E-state index < -0.39 is 10.8 Å². The molecule has 3 rings (SSSR count). The molecule has 1 fully saturated rings. The van der Waals surface area contributed by atoms with Crippen LogP contribution in [0, 0.1) is 0 Å². The van der Waals surface area contributed by atoms with E-state index in [1.165, 1.54) is 5.56 Å². The maximum absolute atomic E-state index is 11.4. The summed E-state index contributed by atoms with van der Waals surface area (Å²) in [6.45, 7) is 2.64. The molecule has 1 aromatic carbocycles. The van der Waals surface area contributed by atoms with Gasteiger partial charge >= 0.3 is 0 Å². The highest BCUT2D eigenvalue weighted by molar-refractivity contribution is 7.85. The predicted molar refractivity (Wildman–Crippen MR) is 79.3 cm³/mol. The van der Waals surface area contributed by atoms with Crippen molar-refractivity contribution in [3.8, 4) is 0 Å². The van der Waals surface area contributed by atoms with Gasteiger partial charge < -0.3 is 5.73 Å². The maximum atomic E-state index is 11.4. The number of hydrogen-bond donors (Lipinski definition) is 1. The van der Waals surface area contributed by atoms with Gasteiger partial charge in [-0.2, -0.15) is 0 Å². The molecule has 2 aromatic rings. The third-order valence-corrected chi connectivity index (χ3v) is 4.83. The van der Waals surface area contributed by atoms with Crippen molar-refractivity contribution >= 4 is 27.4 Å². The van der Waals surface area contributed by atoms with Gasteiger partial charge in [0.25, 0.3) is 0 Å². The zero-order chi connectivity index (χ0) is 13.2. The molecule has 0 unspecified atom stereocenters. The molecule has 1 aromatic heterocycles. The Morgan fingerprint density at radius 3 is 2.84 bits per heavy atom. The second-order valence-corrected chi connectivity index (χ2v) is 6.53. The van der Waals surface area contributed by atoms with E-state index in [2.05, 4.69) is 16.0 Å². The Bertz CT molecular complexity index is 619. The number of benzene rings is 1. The van der Waals surface area contributed by atoms with Gasteiger partial charge in [0.2, 0.25) is 0 Å². The number of nitrogens with zero attached hydrogens (tertiary/aromatic N) is 2. The third-order valence-electron chi connectivity index (χ3n) is 3.55. The number of fused-ring (bicyclic) bond motifs is 1. The number of rotatable bonds is 2. The van der Waals surface area contributed by atoms with Gasteiger partial charge in [-0.15, -0.1) is 0 Å². The summed E-state index contributed by atoms with van der Waals surface area (Å²) in [5.41, 5.74) is 8.93. The van der Waals surface area contributed by atoms with Crippen molar-refractivity contribution in [3.05, 3.63) is 36.0 Å². The molecule has 0 saturated carbocycles. The Labute approximate surface area is 115 Å². The van der Waals surface area contributed by atoms with Gasteiger partial charge in [0, 0.05) is 59.2 Å². The van der Waals surface area contributed by atoms with Crippen LogP contribution in [0.15, 0.2) is 30.5 Å². The summed E-state index contributed by atoms with van der Waals surface area (Å²) in [4.78, 5) is 6.79. The Hall–Kier alpha value is -1.46. The quantitative estimate of drug-likeness (QED) is 0.841. The molecule has 100 valence electrons. The van der Waals surface area contributed by atoms with Crippen molar-refractivity contribution in [1.29, 1.82) is 0 Å². The van der Waals surface area contributed by atoms with Crippen molar-refractivity contribution in [2.45, 2.75) is 6.54 Å². The lowest BCUT2D eigenvalue weighted by molar-refractivity contribution is 0.292. The van der Waals surface area contributed by atoms with E-state index in [1.807, 2.05) is 18.2 Å². The van der Waals surface area contributed by atoms with E-state index in [-0.39, 0.29) is 0 Å². The van der Waals surface area contributed by atoms with E-state index in [4.69, 9.17) is 5.73 Å². The first-order valence-corrected chi connectivity index (χ1v) is 7.92. The maximum Gasteiger partial charge on any atom is 0.0767 e. The second kappa shape index (κ2) is 5.27. The van der Waals surface area contributed by atoms with Crippen LogP contribution in [0.4, 0.5) is 5.69 Å². The lowest BCUT2D eigenvalue weighted by atomic mass is 10.1. The lowest BCUT2D eigenvalue weighted by Gasteiger charge is -2.26. The predicted octanol–water partition coefficient (Wildman–Crippen LogP) is 1.38. The molecule has 2 heterocycles. The van der Waals surface area contributed by atoms with Gasteiger partial charge in [0.1, 0.15) is 0 Å². The summed E-state index contributed by atoms with van der Waals surface area (Å²) in [6.07, 6.45) is 1.80. The van der Waals surface area contributed by atoms with E-state index in [1.54, 1.807) is 6.20 Å². The van der Waals surface area contributed by atoms with Gasteiger partial charge in [-0.3, -0.25) is 14.1 Å². The Balaban J connectivity index is 1.89. The molecule has 2 N–H and O–H groups in total. The molecule has 0 radical (unpaired) electrons. The molecule has 5 heteroatoms. The van der Waals surface area contributed by atoms with Crippen LogP contribution < -0.4 is 5.73 Å². The lowest BCUT2D eigenvalue weighted by Crippen LogP contribution is -2.37. The van der Waals surface area contributed by atoms with Crippen molar-refractivity contribution < 1.29 is 4.21 Å². The number of pyridine rings is 1. The summed E-state index contributed by atoms with van der Waals surface area (Å²) >= 11 is 0. The van der Waals surface area contributed by atoms with Gasteiger partial charge in [-0.05, 0) is 23.8 Å². The Morgan fingerprint density at radius 2 is 2.05 bits per heavy atom. The number of nitrogen functional groups attached to an aromatic ring is 1. The summed E-state index contributed by atoms with van der Waals surface area (Å²) < 4.78 is 11.4. The minimum atomic E-state index is -0.627. The van der Waals surface area contributed by atoms with Crippen LogP contribution in [0.2, 0.25) is 0 Å². The molecule has 0 atom stereocenters. The normalized spacial score (nSPS) is 17.9. The molecule has 0 amide bonds. The summed E-state index contributed by atoms with van der Waals surface area (Å²) in [5.74, 6) is 1.56. The van der Waals surface area contributed by atoms with Crippen molar-refractivity contribution in [1.82, 2.24) is 9.88 Å². The average Bonchev–Trinajstić information content (AvgIpc) is 2.45. The summed E-state index contributed by atoms with van der Waals surface area (Å²) in [7, 11) is -0.627. The van der Waals surface area contributed by atoms with Crippen molar-refractivity contribution in [2.24, 2.45) is 0 Å². The molecule has 0 aliphatic carbocycles. The fourth-order valence-electron chi connectivity index (χ4n) is 2.46. The third kappa shape index (κ3) is 2.62. The molecule has 1 saturated heterocycles. The van der Waals surface area contributed by atoms with E-state index in [0.29, 0.717) is 0 Å². The topological polar surface area (TPSA) is 59.2 Å². The largest absolute Gasteiger partial charge is 0.398 e. The molecular weight excluding hydrogens is 258 g/mol. The molecule has 0 spiro atoms. The second-order valence-electron chi connectivity index (χ2n) is 4.84. The van der Waals surface area contributed by atoms with Crippen molar-refractivity contribution in [2.75, 3.05) is 30.3 Å². The van der Waals surface area contributed by atoms with Gasteiger partial charge in [0.05, 0.1) is 5.52 Å². The van der Waals surface area contributed by atoms with Crippen LogP contribution in [-0.4, -0.2) is 38.7 Å². The van der Waals surface area contributed by atoms with Crippen LogP contribution in [0.3, 0.4) is 0 Å². The fourth-order valence-corrected chi connectivity index (χ4v) is 3.58. The number of aromatic nitrogens is 1. The smallest absolute Gasteiger partial charge is 0.0767 e. The van der Waals surface area contributed by atoms with Crippen LogP contribution in [-0.2, 0) is 17.3 Å². The molecule has 1 aliphatic rings. The number of nitrogens with two attached hydrogens (primary N) is 1. The first kappa shape index (κ1) is 12.6. The van der Waals surface area contributed by atoms with E-state index in [0.717, 1.165) is 47.7 Å². The first-order chi connectivity index (χ1) is 9.24. The van der Waals surface area contributed by atoms with Crippen molar-refractivity contribution in [3.63, 3.8) is 0 Å². The highest BCUT2D eigenvalue weighted by atomic mass is 32.2. The molecular formula is C14H17N3OS. The number of hydrogen-bond acceptors (Lipinski definition) is 4. The van der Waals surface area contributed by atoms with Gasteiger partial charge in [-0.25, -0.2) is 0 Å². The molecule has 0 bridgehead atoms. The standard InChI is InChI=1S/C14H17N3OS/c15-13-4-3-11(14-12(13)2-1-5-16-14)10-17-6-8-19(18)9-7-17/h1-5H,6-10,15H2. The Morgan fingerprint density at radius 1 is 1.26 bits per heavy atom. The zero-order valence-corrected chi connectivity index (χ0v) is 11.5. The Kier molecular flexibility index (Phi) is 3.48. The minimum Gasteiger partial charge on any atom is -0.398 e. The van der Waals surface area contributed by atoms with Gasteiger partial charge in [0.15, 0.2) is 0 Å². The summed E-state index contributed by atoms with van der Waals surface area (Å²) in [6, 6.07) is 7.91. The van der Waals surface area contributed by atoms with Crippen LogP contribution in [0.25, 0.3) is 10.9 Å². The minimum absolute atomic E-state index is 0.627. The van der Waals surface area contributed by atoms with E-state index >= 15 is 0 Å². The highest BCUT2D eigenvalue weighted by Crippen LogP contribution is 2.23. The monoisotopic (exact) mass is 275 g/mol. The van der Waals surface area contributed by atoms with Gasteiger partial charge in [-0.1, -0.05) is 6.07 Å². The summed E-state index contributed by atoms with van der Waals surface area (Å²) in [5, 5.41) is 1.01. The fraction of sp³-hybridized carbons (Fsp3) is 0.357. The van der Waals surface area contributed by atoms with Crippen LogP contribution in [0.1, 0.15) is 5.56 Å². The zero-order valence-electron chi connectivity index (χ0n) is 10.7. The first-order valence-electron chi connectivity index (χ1n) is 6.43. The average molecular weight is 275 g/mol.